The molecule has 0 spiro atoms. The number of likely N-dealkylation sites (tertiary alicyclic amines) is 1. The van der Waals surface area contributed by atoms with E-state index in [2.05, 4.69) is 0 Å². The molecule has 2 aromatic carbocycles. The minimum Gasteiger partial charge on any atom is -0.493 e. The van der Waals surface area contributed by atoms with Crippen LogP contribution in [-0.4, -0.2) is 37.6 Å². The van der Waals surface area contributed by atoms with E-state index in [4.69, 9.17) is 14.2 Å². The number of nitrogens with zero attached hydrogens (tertiary/aromatic N) is 1. The van der Waals surface area contributed by atoms with Gasteiger partial charge in [-0.3, -0.25) is 4.79 Å². The van der Waals surface area contributed by atoms with E-state index in [0.29, 0.717) is 30.3 Å². The average molecular weight is 355 g/mol. The van der Waals surface area contributed by atoms with E-state index in [0.717, 1.165) is 37.2 Å². The van der Waals surface area contributed by atoms with Crippen LogP contribution < -0.4 is 14.2 Å². The lowest BCUT2D eigenvalue weighted by Crippen LogP contribution is -2.27. The Morgan fingerprint density at radius 3 is 2.42 bits per heavy atom. The van der Waals surface area contributed by atoms with Gasteiger partial charge in [-0.05, 0) is 50.1 Å². The zero-order chi connectivity index (χ0) is 18.4. The van der Waals surface area contributed by atoms with Crippen molar-refractivity contribution in [1.29, 1.82) is 0 Å². The summed E-state index contributed by atoms with van der Waals surface area (Å²) in [6.45, 7) is 4.46. The fourth-order valence-corrected chi connectivity index (χ4v) is 3.12. The highest BCUT2D eigenvalue weighted by Crippen LogP contribution is 2.29. The first-order valence-electron chi connectivity index (χ1n) is 9.03. The zero-order valence-corrected chi connectivity index (χ0v) is 15.4. The third-order valence-electron chi connectivity index (χ3n) is 4.45. The Kier molecular flexibility index (Phi) is 6.00. The fourth-order valence-electron chi connectivity index (χ4n) is 3.12. The predicted octanol–water partition coefficient (Wildman–Crippen LogP) is 3.91. The molecule has 0 radical (unpaired) electrons. The summed E-state index contributed by atoms with van der Waals surface area (Å²) in [4.78, 5) is 14.6. The zero-order valence-electron chi connectivity index (χ0n) is 15.4. The van der Waals surface area contributed by atoms with Crippen molar-refractivity contribution in [3.05, 3.63) is 53.6 Å². The van der Waals surface area contributed by atoms with E-state index < -0.39 is 0 Å². The van der Waals surface area contributed by atoms with E-state index in [1.807, 2.05) is 54.3 Å². The maximum Gasteiger partial charge on any atom is 0.253 e. The maximum atomic E-state index is 12.7. The van der Waals surface area contributed by atoms with E-state index in [1.54, 1.807) is 7.11 Å². The lowest BCUT2D eigenvalue weighted by Gasteiger charge is -2.18. The first kappa shape index (κ1) is 18.1. The minimum atomic E-state index is 0.0732. The molecule has 138 valence electrons. The molecule has 1 amide bonds. The summed E-state index contributed by atoms with van der Waals surface area (Å²) in [5, 5.41) is 0. The van der Waals surface area contributed by atoms with Crippen molar-refractivity contribution >= 4 is 5.91 Å². The molecule has 0 aromatic heterocycles. The maximum absolute atomic E-state index is 12.7. The van der Waals surface area contributed by atoms with Crippen LogP contribution in [-0.2, 0) is 6.61 Å². The number of ether oxygens (including phenoxy) is 3. The summed E-state index contributed by atoms with van der Waals surface area (Å²) >= 11 is 0. The molecular weight excluding hydrogens is 330 g/mol. The van der Waals surface area contributed by atoms with Crippen LogP contribution in [0.5, 0.6) is 17.2 Å². The van der Waals surface area contributed by atoms with E-state index in [1.165, 1.54) is 0 Å². The molecule has 0 unspecified atom stereocenters. The third kappa shape index (κ3) is 4.10. The van der Waals surface area contributed by atoms with E-state index in [9.17, 15) is 4.79 Å². The molecule has 5 heteroatoms. The van der Waals surface area contributed by atoms with Gasteiger partial charge in [-0.15, -0.1) is 0 Å². The standard InChI is InChI=1S/C21H25NO4/c1-3-25-18-11-10-16(21(23)22-12-6-7-13-22)14-17(18)15-26-20-9-5-4-8-19(20)24-2/h4-5,8-11,14H,3,6-7,12-13,15H2,1-2H3. The van der Waals surface area contributed by atoms with Gasteiger partial charge in [0.2, 0.25) is 0 Å². The largest absolute Gasteiger partial charge is 0.493 e. The number of para-hydroxylation sites is 2. The van der Waals surface area contributed by atoms with Crippen LogP contribution in [0.4, 0.5) is 0 Å². The Morgan fingerprint density at radius 1 is 1.00 bits per heavy atom. The molecule has 1 aliphatic rings. The number of amides is 1. The summed E-state index contributed by atoms with van der Waals surface area (Å²) in [6, 6.07) is 13.1. The molecule has 0 N–H and O–H groups in total. The van der Waals surface area contributed by atoms with Crippen LogP contribution >= 0.6 is 0 Å². The van der Waals surface area contributed by atoms with Gasteiger partial charge in [-0.2, -0.15) is 0 Å². The van der Waals surface area contributed by atoms with Crippen LogP contribution in [0.3, 0.4) is 0 Å². The molecule has 5 nitrogen and oxygen atoms in total. The predicted molar refractivity (Wildman–Crippen MR) is 100 cm³/mol. The lowest BCUT2D eigenvalue weighted by molar-refractivity contribution is 0.0792. The molecule has 1 fully saturated rings. The molecule has 2 aromatic rings. The molecule has 1 aliphatic heterocycles. The van der Waals surface area contributed by atoms with Gasteiger partial charge >= 0.3 is 0 Å². The molecule has 3 rings (SSSR count). The molecule has 0 saturated carbocycles. The van der Waals surface area contributed by atoms with Crippen LogP contribution in [0.15, 0.2) is 42.5 Å². The molecule has 0 aliphatic carbocycles. The quantitative estimate of drug-likeness (QED) is 0.755. The smallest absolute Gasteiger partial charge is 0.253 e. The van der Waals surface area contributed by atoms with Crippen molar-refractivity contribution in [3.63, 3.8) is 0 Å². The van der Waals surface area contributed by atoms with Crippen molar-refractivity contribution in [2.45, 2.75) is 26.4 Å². The first-order valence-corrected chi connectivity index (χ1v) is 9.03. The molecule has 26 heavy (non-hydrogen) atoms. The van der Waals surface area contributed by atoms with Crippen LogP contribution in [0.25, 0.3) is 0 Å². The van der Waals surface area contributed by atoms with E-state index in [-0.39, 0.29) is 5.91 Å². The van der Waals surface area contributed by atoms with Gasteiger partial charge in [0, 0.05) is 24.2 Å². The summed E-state index contributed by atoms with van der Waals surface area (Å²) in [5.41, 5.74) is 1.52. The SMILES string of the molecule is CCOc1ccc(C(=O)N2CCCC2)cc1COc1ccccc1OC. The van der Waals surface area contributed by atoms with Gasteiger partial charge in [0.1, 0.15) is 12.4 Å². The highest BCUT2D eigenvalue weighted by Gasteiger charge is 2.20. The van der Waals surface area contributed by atoms with Gasteiger partial charge < -0.3 is 19.1 Å². The third-order valence-corrected chi connectivity index (χ3v) is 4.45. The van der Waals surface area contributed by atoms with Gasteiger partial charge in [0.15, 0.2) is 11.5 Å². The summed E-state index contributed by atoms with van der Waals surface area (Å²) in [5.74, 6) is 2.15. The monoisotopic (exact) mass is 355 g/mol. The second-order valence-electron chi connectivity index (χ2n) is 6.19. The fraction of sp³-hybridized carbons (Fsp3) is 0.381. The molecule has 0 atom stereocenters. The lowest BCUT2D eigenvalue weighted by atomic mass is 10.1. The Morgan fingerprint density at radius 2 is 1.73 bits per heavy atom. The minimum absolute atomic E-state index is 0.0732. The number of rotatable bonds is 7. The normalized spacial score (nSPS) is 13.5. The summed E-state index contributed by atoms with van der Waals surface area (Å²) in [7, 11) is 1.61. The van der Waals surface area contributed by atoms with Crippen LogP contribution in [0, 0.1) is 0 Å². The number of benzene rings is 2. The first-order chi connectivity index (χ1) is 12.7. The Hall–Kier alpha value is -2.69. The summed E-state index contributed by atoms with van der Waals surface area (Å²) in [6.07, 6.45) is 2.15. The Labute approximate surface area is 154 Å². The second-order valence-corrected chi connectivity index (χ2v) is 6.19. The van der Waals surface area contributed by atoms with Crippen LogP contribution in [0.2, 0.25) is 0 Å². The number of hydrogen-bond donors (Lipinski definition) is 0. The van der Waals surface area contributed by atoms with Crippen molar-refractivity contribution in [3.8, 4) is 17.2 Å². The molecule has 1 heterocycles. The Bertz CT molecular complexity index is 753. The number of carbonyl (C=O) groups is 1. The average Bonchev–Trinajstić information content (AvgIpc) is 3.22. The highest BCUT2D eigenvalue weighted by atomic mass is 16.5. The van der Waals surface area contributed by atoms with Crippen molar-refractivity contribution < 1.29 is 19.0 Å². The van der Waals surface area contributed by atoms with Gasteiger partial charge in [0.05, 0.1) is 13.7 Å². The molecule has 1 saturated heterocycles. The molecular formula is C21H25NO4. The Balaban J connectivity index is 1.81. The number of methoxy groups -OCH3 is 1. The number of hydrogen-bond acceptors (Lipinski definition) is 4. The van der Waals surface area contributed by atoms with Crippen molar-refractivity contribution in [2.24, 2.45) is 0 Å². The van der Waals surface area contributed by atoms with Gasteiger partial charge in [-0.1, -0.05) is 12.1 Å². The van der Waals surface area contributed by atoms with Crippen LogP contribution in [0.1, 0.15) is 35.7 Å². The summed E-state index contributed by atoms with van der Waals surface area (Å²) < 4.78 is 17.0. The highest BCUT2D eigenvalue weighted by molar-refractivity contribution is 5.94. The topological polar surface area (TPSA) is 48.0 Å². The molecule has 0 bridgehead atoms. The van der Waals surface area contributed by atoms with Gasteiger partial charge in [-0.25, -0.2) is 0 Å². The second kappa shape index (κ2) is 8.61. The number of carbonyl (C=O) groups excluding carboxylic acids is 1. The van der Waals surface area contributed by atoms with Crippen molar-refractivity contribution in [1.82, 2.24) is 4.90 Å². The van der Waals surface area contributed by atoms with Gasteiger partial charge in [0.25, 0.3) is 5.91 Å². The van der Waals surface area contributed by atoms with E-state index >= 15 is 0 Å². The van der Waals surface area contributed by atoms with Crippen molar-refractivity contribution in [2.75, 3.05) is 26.8 Å².